The maximum atomic E-state index is 13.6. The van der Waals surface area contributed by atoms with E-state index < -0.39 is 35.8 Å². The summed E-state index contributed by atoms with van der Waals surface area (Å²) in [6, 6.07) is 13.6. The fourth-order valence-electron chi connectivity index (χ4n) is 4.81. The number of H-pyrrole nitrogens is 1. The average Bonchev–Trinajstić information content (AvgIpc) is 3.24. The van der Waals surface area contributed by atoms with E-state index in [1.807, 2.05) is 6.07 Å². The van der Waals surface area contributed by atoms with Gasteiger partial charge in [0.1, 0.15) is 11.5 Å². The van der Waals surface area contributed by atoms with Crippen LogP contribution in [-0.4, -0.2) is 35.8 Å². The molecular formula is C27H20F6N2O3. The highest BCUT2D eigenvalue weighted by atomic mass is 19.4. The van der Waals surface area contributed by atoms with Crippen LogP contribution in [0.1, 0.15) is 38.8 Å². The Hall–Kier alpha value is -4.15. The standard InChI is InChI=1S/C27H20F6N2O3/c1-37-19-9-10-22-21(14-19)20-11-12-35(25(36)15-5-7-18(8-6-15)38-27(31,32)33)24(23(20)34-22)16-3-2-4-17(13-16)26(28,29)30/h2-10,13-14,24,34H,11-12H2,1H3/t24-/m0/s1. The summed E-state index contributed by atoms with van der Waals surface area (Å²) in [4.78, 5) is 18.3. The lowest BCUT2D eigenvalue weighted by molar-refractivity contribution is -0.274. The van der Waals surface area contributed by atoms with Crippen LogP contribution >= 0.6 is 0 Å². The molecule has 1 aromatic heterocycles. The molecule has 0 fully saturated rings. The second-order valence-corrected chi connectivity index (χ2v) is 8.78. The smallest absolute Gasteiger partial charge is 0.497 e. The van der Waals surface area contributed by atoms with Gasteiger partial charge >= 0.3 is 12.5 Å². The molecule has 1 aliphatic heterocycles. The van der Waals surface area contributed by atoms with Gasteiger partial charge in [-0.25, -0.2) is 0 Å². The lowest BCUT2D eigenvalue weighted by Crippen LogP contribution is -2.40. The highest BCUT2D eigenvalue weighted by Crippen LogP contribution is 2.41. The number of carbonyl (C=O) groups is 1. The zero-order chi connectivity index (χ0) is 27.2. The number of rotatable bonds is 4. The van der Waals surface area contributed by atoms with Crippen molar-refractivity contribution in [2.75, 3.05) is 13.7 Å². The SMILES string of the molecule is COc1ccc2[nH]c3c(c2c1)CCN(C(=O)c1ccc(OC(F)(F)F)cc1)[C@H]3c1cccc(C(F)(F)F)c1. The maximum Gasteiger partial charge on any atom is 0.573 e. The molecule has 0 unspecified atom stereocenters. The van der Waals surface area contributed by atoms with E-state index >= 15 is 0 Å². The van der Waals surface area contributed by atoms with Crippen molar-refractivity contribution in [3.63, 3.8) is 0 Å². The molecule has 0 spiro atoms. The van der Waals surface area contributed by atoms with Gasteiger partial charge in [0.05, 0.1) is 18.7 Å². The van der Waals surface area contributed by atoms with Crippen LogP contribution in [0.15, 0.2) is 66.7 Å². The Balaban J connectivity index is 1.60. The third-order valence-electron chi connectivity index (χ3n) is 6.46. The van der Waals surface area contributed by atoms with Crippen molar-refractivity contribution >= 4 is 16.8 Å². The van der Waals surface area contributed by atoms with E-state index in [9.17, 15) is 31.1 Å². The van der Waals surface area contributed by atoms with Crippen molar-refractivity contribution in [2.45, 2.75) is 25.0 Å². The molecule has 11 heteroatoms. The molecule has 1 aliphatic rings. The Morgan fingerprint density at radius 2 is 1.66 bits per heavy atom. The molecule has 0 radical (unpaired) electrons. The summed E-state index contributed by atoms with van der Waals surface area (Å²) in [5, 5.41) is 0.831. The molecule has 4 aromatic rings. The summed E-state index contributed by atoms with van der Waals surface area (Å²) >= 11 is 0. The Morgan fingerprint density at radius 3 is 2.32 bits per heavy atom. The number of hydrogen-bond donors (Lipinski definition) is 1. The minimum Gasteiger partial charge on any atom is -0.497 e. The first-order chi connectivity index (χ1) is 17.9. The summed E-state index contributed by atoms with van der Waals surface area (Å²) in [7, 11) is 1.52. The zero-order valence-electron chi connectivity index (χ0n) is 19.8. The van der Waals surface area contributed by atoms with E-state index in [0.717, 1.165) is 40.7 Å². The monoisotopic (exact) mass is 534 g/mol. The molecule has 38 heavy (non-hydrogen) atoms. The second-order valence-electron chi connectivity index (χ2n) is 8.78. The predicted octanol–water partition coefficient (Wildman–Crippen LogP) is 6.88. The number of benzene rings is 3. The van der Waals surface area contributed by atoms with E-state index in [1.165, 1.54) is 36.3 Å². The molecule has 0 aliphatic carbocycles. The van der Waals surface area contributed by atoms with Gasteiger partial charge in [0, 0.05) is 28.7 Å². The molecule has 198 valence electrons. The number of aromatic amines is 1. The van der Waals surface area contributed by atoms with Gasteiger partial charge in [-0.3, -0.25) is 4.79 Å². The van der Waals surface area contributed by atoms with Crippen LogP contribution in [0.25, 0.3) is 10.9 Å². The number of methoxy groups -OCH3 is 1. The van der Waals surface area contributed by atoms with Crippen LogP contribution in [0.4, 0.5) is 26.3 Å². The number of fused-ring (bicyclic) bond motifs is 3. The molecule has 3 aromatic carbocycles. The fourth-order valence-corrected chi connectivity index (χ4v) is 4.81. The lowest BCUT2D eigenvalue weighted by atomic mass is 9.91. The summed E-state index contributed by atoms with van der Waals surface area (Å²) in [5.74, 6) is -0.434. The molecule has 1 atom stereocenters. The summed E-state index contributed by atoms with van der Waals surface area (Å²) in [6.07, 6.45) is -9.08. The zero-order valence-corrected chi connectivity index (χ0v) is 19.8. The van der Waals surface area contributed by atoms with Crippen LogP contribution < -0.4 is 9.47 Å². The highest BCUT2D eigenvalue weighted by molar-refractivity contribution is 5.96. The Morgan fingerprint density at radius 1 is 0.947 bits per heavy atom. The number of amides is 1. The van der Waals surface area contributed by atoms with Gasteiger partial charge in [0.15, 0.2) is 0 Å². The van der Waals surface area contributed by atoms with Crippen molar-refractivity contribution < 1.29 is 40.6 Å². The topological polar surface area (TPSA) is 54.6 Å². The number of aromatic nitrogens is 1. The number of nitrogens with one attached hydrogen (secondary N) is 1. The molecule has 1 amide bonds. The van der Waals surface area contributed by atoms with Gasteiger partial charge in [-0.05, 0) is 72.1 Å². The van der Waals surface area contributed by atoms with E-state index in [0.29, 0.717) is 17.9 Å². The average molecular weight is 534 g/mol. The molecule has 1 N–H and O–H groups in total. The molecule has 0 saturated heterocycles. The number of hydrogen-bond acceptors (Lipinski definition) is 3. The minimum absolute atomic E-state index is 0.0673. The summed E-state index contributed by atoms with van der Waals surface area (Å²) < 4.78 is 87.5. The maximum absolute atomic E-state index is 13.6. The highest BCUT2D eigenvalue weighted by Gasteiger charge is 2.37. The van der Waals surface area contributed by atoms with Crippen molar-refractivity contribution in [1.82, 2.24) is 9.88 Å². The van der Waals surface area contributed by atoms with Crippen molar-refractivity contribution in [3.05, 3.63) is 94.7 Å². The van der Waals surface area contributed by atoms with Crippen LogP contribution in [0.5, 0.6) is 11.5 Å². The lowest BCUT2D eigenvalue weighted by Gasteiger charge is -2.36. The molecular weight excluding hydrogens is 514 g/mol. The van der Waals surface area contributed by atoms with E-state index in [2.05, 4.69) is 9.72 Å². The van der Waals surface area contributed by atoms with Crippen LogP contribution in [0.3, 0.4) is 0 Å². The number of nitrogens with zero attached hydrogens (tertiary/aromatic N) is 1. The minimum atomic E-state index is -4.89. The third kappa shape index (κ3) is 4.88. The fraction of sp³-hybridized carbons (Fsp3) is 0.222. The van der Waals surface area contributed by atoms with Crippen LogP contribution in [0, 0.1) is 0 Å². The van der Waals surface area contributed by atoms with Crippen molar-refractivity contribution in [1.29, 1.82) is 0 Å². The molecule has 5 rings (SSSR count). The first kappa shape index (κ1) is 25.5. The number of ether oxygens (including phenoxy) is 2. The molecule has 0 bridgehead atoms. The summed E-state index contributed by atoms with van der Waals surface area (Å²) in [5.41, 5.74) is 1.59. The van der Waals surface area contributed by atoms with Gasteiger partial charge in [-0.1, -0.05) is 12.1 Å². The number of halogens is 6. The van der Waals surface area contributed by atoms with Gasteiger partial charge in [-0.15, -0.1) is 13.2 Å². The first-order valence-electron chi connectivity index (χ1n) is 11.5. The Kier molecular flexibility index (Phi) is 6.24. The third-order valence-corrected chi connectivity index (χ3v) is 6.46. The van der Waals surface area contributed by atoms with Gasteiger partial charge < -0.3 is 19.4 Å². The summed E-state index contributed by atoms with van der Waals surface area (Å²) in [6.45, 7) is 0.164. The van der Waals surface area contributed by atoms with E-state index in [4.69, 9.17) is 4.74 Å². The van der Waals surface area contributed by atoms with Gasteiger partial charge in [-0.2, -0.15) is 13.2 Å². The van der Waals surface area contributed by atoms with E-state index in [-0.39, 0.29) is 17.7 Å². The van der Waals surface area contributed by atoms with Crippen molar-refractivity contribution in [3.8, 4) is 11.5 Å². The molecule has 0 saturated carbocycles. The Bertz CT molecular complexity index is 1490. The number of alkyl halides is 6. The predicted molar refractivity (Wildman–Crippen MR) is 126 cm³/mol. The van der Waals surface area contributed by atoms with E-state index in [1.54, 1.807) is 12.1 Å². The molecule has 5 nitrogen and oxygen atoms in total. The first-order valence-corrected chi connectivity index (χ1v) is 11.5. The molecule has 2 heterocycles. The van der Waals surface area contributed by atoms with Crippen LogP contribution in [0.2, 0.25) is 0 Å². The number of carbonyl (C=O) groups excluding carboxylic acids is 1. The van der Waals surface area contributed by atoms with Crippen molar-refractivity contribution in [2.24, 2.45) is 0 Å². The largest absolute Gasteiger partial charge is 0.573 e. The van der Waals surface area contributed by atoms with Crippen LogP contribution in [-0.2, 0) is 12.6 Å². The normalized spacial score (nSPS) is 15.9. The quantitative estimate of drug-likeness (QED) is 0.291. The van der Waals surface area contributed by atoms with Gasteiger partial charge in [0.25, 0.3) is 5.91 Å². The Labute approximate surface area is 212 Å². The second kappa shape index (κ2) is 9.30. The van der Waals surface area contributed by atoms with Gasteiger partial charge in [0.2, 0.25) is 0 Å².